The molecule has 0 fully saturated rings. The summed E-state index contributed by atoms with van der Waals surface area (Å²) in [5, 5.41) is 0.752. The van der Waals surface area contributed by atoms with Gasteiger partial charge in [-0.05, 0) is 30.5 Å². The van der Waals surface area contributed by atoms with E-state index in [1.165, 1.54) is 5.56 Å². The van der Waals surface area contributed by atoms with Gasteiger partial charge in [-0.1, -0.05) is 35.9 Å². The second kappa shape index (κ2) is 7.07. The van der Waals surface area contributed by atoms with Gasteiger partial charge in [0.05, 0.1) is 6.61 Å². The van der Waals surface area contributed by atoms with Crippen LogP contribution in [0.2, 0.25) is 5.02 Å². The van der Waals surface area contributed by atoms with Crippen molar-refractivity contribution >= 4 is 18.1 Å². The van der Waals surface area contributed by atoms with E-state index in [0.717, 1.165) is 17.9 Å². The molecule has 15 heavy (non-hydrogen) atoms. The van der Waals surface area contributed by atoms with Gasteiger partial charge in [0.2, 0.25) is 0 Å². The van der Waals surface area contributed by atoms with Crippen LogP contribution in [0.25, 0.3) is 0 Å². The molecule has 1 aromatic rings. The van der Waals surface area contributed by atoms with Crippen LogP contribution in [0, 0.1) is 0 Å². The molecule has 0 aliphatic rings. The second-order valence-electron chi connectivity index (χ2n) is 3.06. The van der Waals surface area contributed by atoms with Crippen LogP contribution >= 0.6 is 11.6 Å². The number of carbonyl (C=O) groups excluding carboxylic acids is 1. The molecular formula is C12H13ClO2. The van der Waals surface area contributed by atoms with E-state index in [0.29, 0.717) is 13.1 Å². The number of ether oxygens (including phenoxy) is 1. The Morgan fingerprint density at radius 3 is 2.60 bits per heavy atom. The zero-order valence-corrected chi connectivity index (χ0v) is 9.11. The van der Waals surface area contributed by atoms with Crippen molar-refractivity contribution < 1.29 is 9.53 Å². The first-order chi connectivity index (χ1) is 7.33. The summed E-state index contributed by atoms with van der Waals surface area (Å²) in [6, 6.07) is 7.74. The van der Waals surface area contributed by atoms with Gasteiger partial charge in [0.25, 0.3) is 6.47 Å². The standard InChI is InChI=1S/C12H13ClO2/c13-12-7-5-11(6-8-12)4-2-1-3-9-15-10-14/h1-2,5-8,10H,3-4,9H2. The molecule has 0 heterocycles. The van der Waals surface area contributed by atoms with Gasteiger partial charge in [-0.15, -0.1) is 0 Å². The third kappa shape index (κ3) is 5.23. The Bertz CT molecular complexity index is 317. The summed E-state index contributed by atoms with van der Waals surface area (Å²) in [4.78, 5) is 9.83. The summed E-state index contributed by atoms with van der Waals surface area (Å²) in [6.45, 7) is 0.910. The smallest absolute Gasteiger partial charge is 0.293 e. The summed E-state index contributed by atoms with van der Waals surface area (Å²) in [6.07, 6.45) is 5.68. The third-order valence-electron chi connectivity index (χ3n) is 1.90. The number of hydrogen-bond donors (Lipinski definition) is 0. The Labute approximate surface area is 94.5 Å². The van der Waals surface area contributed by atoms with Crippen LogP contribution in [0.15, 0.2) is 36.4 Å². The fraction of sp³-hybridized carbons (Fsp3) is 0.250. The molecule has 3 heteroatoms. The third-order valence-corrected chi connectivity index (χ3v) is 2.16. The lowest BCUT2D eigenvalue weighted by atomic mass is 10.1. The highest BCUT2D eigenvalue weighted by molar-refractivity contribution is 6.30. The molecule has 0 amide bonds. The molecule has 1 aromatic carbocycles. The molecule has 0 spiro atoms. The molecular weight excluding hydrogens is 212 g/mol. The number of carbonyl (C=O) groups is 1. The van der Waals surface area contributed by atoms with Gasteiger partial charge < -0.3 is 4.74 Å². The normalized spacial score (nSPS) is 10.5. The maximum Gasteiger partial charge on any atom is 0.293 e. The lowest BCUT2D eigenvalue weighted by Gasteiger charge is -1.96. The van der Waals surface area contributed by atoms with Crippen LogP contribution in [0.4, 0.5) is 0 Å². The maximum atomic E-state index is 9.83. The van der Waals surface area contributed by atoms with Gasteiger partial charge >= 0.3 is 0 Å². The van der Waals surface area contributed by atoms with E-state index in [9.17, 15) is 4.79 Å². The van der Waals surface area contributed by atoms with Crippen molar-refractivity contribution in [2.75, 3.05) is 6.61 Å². The van der Waals surface area contributed by atoms with Crippen molar-refractivity contribution in [2.45, 2.75) is 12.8 Å². The molecule has 0 bridgehead atoms. The minimum absolute atomic E-state index is 0.445. The molecule has 0 saturated heterocycles. The average Bonchev–Trinajstić information content (AvgIpc) is 2.26. The highest BCUT2D eigenvalue weighted by atomic mass is 35.5. The van der Waals surface area contributed by atoms with Crippen LogP contribution < -0.4 is 0 Å². The van der Waals surface area contributed by atoms with E-state index in [1.807, 2.05) is 30.3 Å². The lowest BCUT2D eigenvalue weighted by molar-refractivity contribution is -0.128. The molecule has 2 nitrogen and oxygen atoms in total. The Morgan fingerprint density at radius 2 is 1.93 bits per heavy atom. The Morgan fingerprint density at radius 1 is 1.20 bits per heavy atom. The van der Waals surface area contributed by atoms with Crippen LogP contribution in [-0.4, -0.2) is 13.1 Å². The number of rotatable bonds is 6. The molecule has 0 aromatic heterocycles. The highest BCUT2D eigenvalue weighted by Crippen LogP contribution is 2.10. The first kappa shape index (κ1) is 11.8. The fourth-order valence-electron chi connectivity index (χ4n) is 1.14. The highest BCUT2D eigenvalue weighted by Gasteiger charge is 1.89. The van der Waals surface area contributed by atoms with Gasteiger partial charge in [-0.3, -0.25) is 4.79 Å². The van der Waals surface area contributed by atoms with Gasteiger partial charge in [-0.25, -0.2) is 0 Å². The van der Waals surface area contributed by atoms with Crippen LogP contribution in [0.3, 0.4) is 0 Å². The number of allylic oxidation sites excluding steroid dienone is 1. The molecule has 1 rings (SSSR count). The largest absolute Gasteiger partial charge is 0.468 e. The summed E-state index contributed by atoms with van der Waals surface area (Å²) in [7, 11) is 0. The molecule has 0 radical (unpaired) electrons. The van der Waals surface area contributed by atoms with Crippen molar-refractivity contribution in [2.24, 2.45) is 0 Å². The molecule has 0 aliphatic heterocycles. The van der Waals surface area contributed by atoms with Crippen molar-refractivity contribution in [1.29, 1.82) is 0 Å². The number of halogens is 1. The quantitative estimate of drug-likeness (QED) is 0.422. The van der Waals surface area contributed by atoms with Crippen molar-refractivity contribution in [3.8, 4) is 0 Å². The predicted octanol–water partition coefficient (Wildman–Crippen LogP) is 3.00. The minimum Gasteiger partial charge on any atom is -0.468 e. The first-order valence-corrected chi connectivity index (χ1v) is 5.15. The van der Waals surface area contributed by atoms with Crippen molar-refractivity contribution in [3.05, 3.63) is 47.0 Å². The molecule has 0 saturated carbocycles. The van der Waals surface area contributed by atoms with E-state index in [4.69, 9.17) is 11.6 Å². The van der Waals surface area contributed by atoms with Crippen molar-refractivity contribution in [3.63, 3.8) is 0 Å². The molecule has 0 atom stereocenters. The van der Waals surface area contributed by atoms with E-state index < -0.39 is 0 Å². The predicted molar refractivity (Wildman–Crippen MR) is 60.9 cm³/mol. The first-order valence-electron chi connectivity index (χ1n) is 4.77. The van der Waals surface area contributed by atoms with Crippen molar-refractivity contribution in [1.82, 2.24) is 0 Å². The van der Waals surface area contributed by atoms with Gasteiger partial charge in [-0.2, -0.15) is 0 Å². The summed E-state index contributed by atoms with van der Waals surface area (Å²) >= 11 is 5.76. The Kier molecular flexibility index (Phi) is 5.56. The maximum absolute atomic E-state index is 9.83. The number of hydrogen-bond acceptors (Lipinski definition) is 2. The minimum atomic E-state index is 0.445. The van der Waals surface area contributed by atoms with E-state index in [2.05, 4.69) is 10.8 Å². The molecule has 0 unspecified atom stereocenters. The Balaban J connectivity index is 2.24. The van der Waals surface area contributed by atoms with Gasteiger partial charge in [0.15, 0.2) is 0 Å². The molecule has 0 aliphatic carbocycles. The summed E-state index contributed by atoms with van der Waals surface area (Å²) < 4.78 is 4.55. The van der Waals surface area contributed by atoms with E-state index in [1.54, 1.807) is 0 Å². The fourth-order valence-corrected chi connectivity index (χ4v) is 1.27. The SMILES string of the molecule is O=COCCC=CCc1ccc(Cl)cc1. The van der Waals surface area contributed by atoms with Crippen LogP contribution in [-0.2, 0) is 16.0 Å². The molecule has 80 valence electrons. The zero-order chi connectivity index (χ0) is 10.9. The second-order valence-corrected chi connectivity index (χ2v) is 3.49. The summed E-state index contributed by atoms with van der Waals surface area (Å²) in [5.41, 5.74) is 1.21. The van der Waals surface area contributed by atoms with Gasteiger partial charge in [0.1, 0.15) is 0 Å². The lowest BCUT2D eigenvalue weighted by Crippen LogP contribution is -1.88. The van der Waals surface area contributed by atoms with Crippen LogP contribution in [0.5, 0.6) is 0 Å². The summed E-state index contributed by atoms with van der Waals surface area (Å²) in [5.74, 6) is 0. The van der Waals surface area contributed by atoms with Crippen LogP contribution in [0.1, 0.15) is 12.0 Å². The average molecular weight is 225 g/mol. The van der Waals surface area contributed by atoms with E-state index in [-0.39, 0.29) is 0 Å². The number of benzene rings is 1. The zero-order valence-electron chi connectivity index (χ0n) is 8.36. The topological polar surface area (TPSA) is 26.3 Å². The van der Waals surface area contributed by atoms with Gasteiger partial charge in [0, 0.05) is 5.02 Å². The van der Waals surface area contributed by atoms with E-state index >= 15 is 0 Å². The monoisotopic (exact) mass is 224 g/mol. The Hall–Kier alpha value is -1.28. The molecule has 0 N–H and O–H groups in total.